The van der Waals surface area contributed by atoms with E-state index in [0.717, 1.165) is 32.0 Å². The molecule has 0 saturated carbocycles. The van der Waals surface area contributed by atoms with Gasteiger partial charge in [0.05, 0.1) is 23.9 Å². The minimum atomic E-state index is -3.89. The summed E-state index contributed by atoms with van der Waals surface area (Å²) < 4.78 is 33.2. The third kappa shape index (κ3) is 5.96. The predicted molar refractivity (Wildman–Crippen MR) is 125 cm³/mol. The van der Waals surface area contributed by atoms with Gasteiger partial charge in [-0.1, -0.05) is 13.8 Å². The van der Waals surface area contributed by atoms with Crippen LogP contribution in [-0.2, 0) is 14.8 Å². The number of methoxy groups -OCH3 is 1. The molecule has 0 bridgehead atoms. The Kier molecular flexibility index (Phi) is 7.70. The van der Waals surface area contributed by atoms with Crippen LogP contribution in [0.15, 0.2) is 47.5 Å². The van der Waals surface area contributed by atoms with Crippen molar-refractivity contribution < 1.29 is 17.9 Å². The molecule has 10 heteroatoms. The summed E-state index contributed by atoms with van der Waals surface area (Å²) in [6.45, 7) is 7.33. The van der Waals surface area contributed by atoms with Crippen LogP contribution >= 0.6 is 0 Å². The number of nitrogens with zero attached hydrogens (tertiary/aromatic N) is 3. The fourth-order valence-electron chi connectivity index (χ4n) is 3.39. The number of sulfonamides is 1. The van der Waals surface area contributed by atoms with E-state index in [1.54, 1.807) is 38.2 Å². The topological polar surface area (TPSA) is 104 Å². The maximum absolute atomic E-state index is 12.9. The van der Waals surface area contributed by atoms with Crippen molar-refractivity contribution in [3.8, 4) is 5.75 Å². The Balaban J connectivity index is 1.67. The Labute approximate surface area is 189 Å². The Morgan fingerprint density at radius 3 is 2.25 bits per heavy atom. The van der Waals surface area contributed by atoms with Gasteiger partial charge in [0.25, 0.3) is 0 Å². The lowest BCUT2D eigenvalue weighted by Crippen LogP contribution is -2.47. The molecule has 174 valence electrons. The van der Waals surface area contributed by atoms with Gasteiger partial charge in [0, 0.05) is 26.2 Å². The van der Waals surface area contributed by atoms with Crippen molar-refractivity contribution in [2.75, 3.05) is 50.6 Å². The minimum absolute atomic E-state index is 0.0648. The molecule has 1 fully saturated rings. The van der Waals surface area contributed by atoms with Crippen molar-refractivity contribution in [2.45, 2.75) is 24.8 Å². The van der Waals surface area contributed by atoms with Gasteiger partial charge in [0.15, 0.2) is 0 Å². The molecular formula is C22H31N5O4S. The Morgan fingerprint density at radius 2 is 1.72 bits per heavy atom. The first kappa shape index (κ1) is 24.0. The van der Waals surface area contributed by atoms with E-state index in [1.807, 2.05) is 6.07 Å². The lowest BCUT2D eigenvalue weighted by atomic mass is 10.1. The van der Waals surface area contributed by atoms with Crippen molar-refractivity contribution in [3.63, 3.8) is 0 Å². The van der Waals surface area contributed by atoms with Crippen LogP contribution in [0.2, 0.25) is 0 Å². The molecule has 0 spiro atoms. The standard InChI is InChI=1S/C22H31N5O4S/c1-16(2)21(25-32(29,30)19-8-6-18(31-4)7-9-19)22(28)24-17-5-10-20(23-15-17)27-13-11-26(3)12-14-27/h5-10,15-16,21,25H,11-14H2,1-4H3,(H,24,28)/t21-/m0/s1. The maximum atomic E-state index is 12.9. The molecule has 1 atom stereocenters. The normalized spacial score (nSPS) is 16.1. The highest BCUT2D eigenvalue weighted by atomic mass is 32.2. The molecule has 1 saturated heterocycles. The second kappa shape index (κ2) is 10.3. The summed E-state index contributed by atoms with van der Waals surface area (Å²) in [5.74, 6) is 0.707. The highest BCUT2D eigenvalue weighted by Crippen LogP contribution is 2.19. The molecule has 0 unspecified atom stereocenters. The lowest BCUT2D eigenvalue weighted by molar-refractivity contribution is -0.118. The van der Waals surface area contributed by atoms with Crippen molar-refractivity contribution in [2.24, 2.45) is 5.92 Å². The number of carbonyl (C=O) groups excluding carboxylic acids is 1. The third-order valence-electron chi connectivity index (χ3n) is 5.44. The first-order chi connectivity index (χ1) is 15.2. The number of rotatable bonds is 8. The first-order valence-electron chi connectivity index (χ1n) is 10.6. The van der Waals surface area contributed by atoms with Crippen LogP contribution in [0.4, 0.5) is 11.5 Å². The number of hydrogen-bond donors (Lipinski definition) is 2. The van der Waals surface area contributed by atoms with Gasteiger partial charge in [0.1, 0.15) is 17.6 Å². The summed E-state index contributed by atoms with van der Waals surface area (Å²) in [5, 5.41) is 2.78. The molecule has 1 aliphatic rings. The maximum Gasteiger partial charge on any atom is 0.242 e. The number of hydrogen-bond acceptors (Lipinski definition) is 7. The van der Waals surface area contributed by atoms with Crippen LogP contribution < -0.4 is 19.7 Å². The van der Waals surface area contributed by atoms with E-state index >= 15 is 0 Å². The van der Waals surface area contributed by atoms with Crippen LogP contribution in [0.5, 0.6) is 5.75 Å². The lowest BCUT2D eigenvalue weighted by Gasteiger charge is -2.33. The van der Waals surface area contributed by atoms with Crippen LogP contribution in [0.3, 0.4) is 0 Å². The molecule has 0 radical (unpaired) electrons. The average molecular weight is 462 g/mol. The monoisotopic (exact) mass is 461 g/mol. The SMILES string of the molecule is COc1ccc(S(=O)(=O)N[C@H](C(=O)Nc2ccc(N3CCN(C)CC3)nc2)C(C)C)cc1. The van der Waals surface area contributed by atoms with E-state index in [2.05, 4.69) is 31.9 Å². The Bertz CT molecular complexity index is 1000. The number of amides is 1. The molecule has 1 aromatic heterocycles. The average Bonchev–Trinajstić information content (AvgIpc) is 2.78. The van der Waals surface area contributed by atoms with Gasteiger partial charge >= 0.3 is 0 Å². The van der Waals surface area contributed by atoms with Gasteiger partial charge in [0.2, 0.25) is 15.9 Å². The summed E-state index contributed by atoms with van der Waals surface area (Å²) in [7, 11) is -0.283. The summed E-state index contributed by atoms with van der Waals surface area (Å²) in [6.07, 6.45) is 1.60. The molecule has 3 rings (SSSR count). The van der Waals surface area contributed by atoms with E-state index in [0.29, 0.717) is 11.4 Å². The van der Waals surface area contributed by atoms with Gasteiger partial charge in [-0.15, -0.1) is 0 Å². The molecule has 32 heavy (non-hydrogen) atoms. The Hall–Kier alpha value is -2.69. The second-order valence-corrected chi connectivity index (χ2v) is 9.92. The van der Waals surface area contributed by atoms with Crippen LogP contribution in [-0.4, -0.2) is 70.6 Å². The van der Waals surface area contributed by atoms with E-state index < -0.39 is 22.0 Å². The van der Waals surface area contributed by atoms with E-state index in [9.17, 15) is 13.2 Å². The van der Waals surface area contributed by atoms with Gasteiger partial charge in [-0.25, -0.2) is 13.4 Å². The summed E-state index contributed by atoms with van der Waals surface area (Å²) in [5.41, 5.74) is 0.516. The molecule has 2 heterocycles. The zero-order valence-corrected chi connectivity index (χ0v) is 19.7. The van der Waals surface area contributed by atoms with Gasteiger partial charge in [-0.05, 0) is 49.4 Å². The van der Waals surface area contributed by atoms with Crippen molar-refractivity contribution in [1.82, 2.24) is 14.6 Å². The number of likely N-dealkylation sites (N-methyl/N-ethyl adjacent to an activating group) is 1. The van der Waals surface area contributed by atoms with Crippen LogP contribution in [0.25, 0.3) is 0 Å². The van der Waals surface area contributed by atoms with Crippen molar-refractivity contribution in [1.29, 1.82) is 0 Å². The molecular weight excluding hydrogens is 430 g/mol. The molecule has 2 N–H and O–H groups in total. The highest BCUT2D eigenvalue weighted by Gasteiger charge is 2.28. The zero-order chi connectivity index (χ0) is 23.3. The third-order valence-corrected chi connectivity index (χ3v) is 6.90. The van der Waals surface area contributed by atoms with Crippen LogP contribution in [0.1, 0.15) is 13.8 Å². The van der Waals surface area contributed by atoms with Gasteiger partial charge in [-0.2, -0.15) is 4.72 Å². The van der Waals surface area contributed by atoms with Crippen LogP contribution in [0, 0.1) is 5.92 Å². The fourth-order valence-corrected chi connectivity index (χ4v) is 4.73. The molecule has 1 aliphatic heterocycles. The number of carbonyl (C=O) groups is 1. The quantitative estimate of drug-likeness (QED) is 0.618. The number of pyridine rings is 1. The summed E-state index contributed by atoms with van der Waals surface area (Å²) >= 11 is 0. The van der Waals surface area contributed by atoms with E-state index in [1.165, 1.54) is 19.2 Å². The number of aromatic nitrogens is 1. The largest absolute Gasteiger partial charge is 0.497 e. The van der Waals surface area contributed by atoms with E-state index in [-0.39, 0.29) is 10.8 Å². The predicted octanol–water partition coefficient (Wildman–Crippen LogP) is 1.78. The molecule has 1 aromatic carbocycles. The van der Waals surface area contributed by atoms with E-state index in [4.69, 9.17) is 4.74 Å². The minimum Gasteiger partial charge on any atom is -0.497 e. The van der Waals surface area contributed by atoms with Crippen molar-refractivity contribution in [3.05, 3.63) is 42.6 Å². The molecule has 2 aromatic rings. The zero-order valence-electron chi connectivity index (χ0n) is 18.9. The van der Waals surface area contributed by atoms with Gasteiger partial charge in [-0.3, -0.25) is 4.79 Å². The smallest absolute Gasteiger partial charge is 0.242 e. The number of ether oxygens (including phenoxy) is 1. The molecule has 0 aliphatic carbocycles. The fraction of sp³-hybridized carbons (Fsp3) is 0.455. The summed E-state index contributed by atoms with van der Waals surface area (Å²) in [4.78, 5) is 21.9. The van der Waals surface area contributed by atoms with Gasteiger partial charge < -0.3 is 19.9 Å². The highest BCUT2D eigenvalue weighted by molar-refractivity contribution is 7.89. The summed E-state index contributed by atoms with van der Waals surface area (Å²) in [6, 6.07) is 8.72. The second-order valence-electron chi connectivity index (χ2n) is 8.20. The molecule has 1 amide bonds. The number of benzene rings is 1. The first-order valence-corrected chi connectivity index (χ1v) is 12.0. The van der Waals surface area contributed by atoms with Crippen molar-refractivity contribution >= 4 is 27.4 Å². The number of anilines is 2. The Morgan fingerprint density at radius 1 is 1.06 bits per heavy atom. The number of piperazine rings is 1. The molecule has 9 nitrogen and oxygen atoms in total. The number of nitrogens with one attached hydrogen (secondary N) is 2.